The summed E-state index contributed by atoms with van der Waals surface area (Å²) in [6.07, 6.45) is 6.48. The van der Waals surface area contributed by atoms with E-state index in [9.17, 15) is 0 Å². The summed E-state index contributed by atoms with van der Waals surface area (Å²) in [5.41, 5.74) is 0. The van der Waals surface area contributed by atoms with Crippen LogP contribution in [-0.4, -0.2) is 25.8 Å². The first-order valence-electron chi connectivity index (χ1n) is 4.70. The van der Waals surface area contributed by atoms with Gasteiger partial charge in [0.25, 0.3) is 0 Å². The van der Waals surface area contributed by atoms with Crippen LogP contribution in [0.1, 0.15) is 25.7 Å². The molecule has 2 aliphatic heterocycles. The fraction of sp³-hybridized carbons (Fsp3) is 1.00. The summed E-state index contributed by atoms with van der Waals surface area (Å²) < 4.78 is 5.82. The predicted octanol–water partition coefficient (Wildman–Crippen LogP) is 1.16. The third kappa shape index (κ3) is 1.42. The van der Waals surface area contributed by atoms with Gasteiger partial charge in [-0.15, -0.1) is 0 Å². The number of fused-ring (bicyclic) bond motifs is 2. The van der Waals surface area contributed by atoms with Gasteiger partial charge in [-0.25, -0.2) is 0 Å². The molecular weight excluding hydrogens is 138 g/mol. The van der Waals surface area contributed by atoms with Crippen molar-refractivity contribution in [1.82, 2.24) is 5.32 Å². The van der Waals surface area contributed by atoms with Gasteiger partial charge < -0.3 is 10.1 Å². The highest BCUT2D eigenvalue weighted by Crippen LogP contribution is 2.35. The van der Waals surface area contributed by atoms with Gasteiger partial charge in [-0.3, -0.25) is 0 Å². The molecule has 64 valence electrons. The molecule has 3 unspecified atom stereocenters. The van der Waals surface area contributed by atoms with Crippen molar-refractivity contribution in [2.24, 2.45) is 5.92 Å². The van der Waals surface area contributed by atoms with Crippen molar-refractivity contribution < 1.29 is 4.74 Å². The maximum absolute atomic E-state index is 5.82. The van der Waals surface area contributed by atoms with Crippen LogP contribution in [0.2, 0.25) is 0 Å². The van der Waals surface area contributed by atoms with Crippen molar-refractivity contribution in [2.45, 2.75) is 37.9 Å². The zero-order valence-electron chi connectivity index (χ0n) is 7.18. The fourth-order valence-corrected chi connectivity index (χ4v) is 2.37. The SMILES string of the molecule is CNCC1CCC2CCC1O2. The van der Waals surface area contributed by atoms with Gasteiger partial charge in [-0.1, -0.05) is 0 Å². The molecule has 0 amide bonds. The first-order chi connectivity index (χ1) is 5.40. The topological polar surface area (TPSA) is 21.3 Å². The van der Waals surface area contributed by atoms with Crippen LogP contribution in [0, 0.1) is 5.92 Å². The van der Waals surface area contributed by atoms with Crippen LogP contribution >= 0.6 is 0 Å². The molecule has 2 heterocycles. The summed E-state index contributed by atoms with van der Waals surface area (Å²) in [5, 5.41) is 3.24. The number of ether oxygens (including phenoxy) is 1. The summed E-state index contributed by atoms with van der Waals surface area (Å²) in [7, 11) is 2.03. The molecule has 3 atom stereocenters. The second-order valence-corrected chi connectivity index (χ2v) is 3.77. The molecule has 0 aromatic carbocycles. The van der Waals surface area contributed by atoms with Crippen molar-refractivity contribution in [2.75, 3.05) is 13.6 Å². The predicted molar refractivity (Wildman–Crippen MR) is 44.5 cm³/mol. The highest BCUT2D eigenvalue weighted by molar-refractivity contribution is 4.86. The van der Waals surface area contributed by atoms with Gasteiger partial charge in [0.1, 0.15) is 0 Å². The van der Waals surface area contributed by atoms with E-state index in [4.69, 9.17) is 4.74 Å². The first-order valence-corrected chi connectivity index (χ1v) is 4.70. The maximum Gasteiger partial charge on any atom is 0.0620 e. The standard InChI is InChI=1S/C9H17NO/c1-10-6-7-2-3-8-4-5-9(7)11-8/h7-10H,2-6H2,1H3. The monoisotopic (exact) mass is 155 g/mol. The molecule has 2 heteroatoms. The average molecular weight is 155 g/mol. The van der Waals surface area contributed by atoms with E-state index in [-0.39, 0.29) is 0 Å². The van der Waals surface area contributed by atoms with Gasteiger partial charge in [0.15, 0.2) is 0 Å². The molecule has 2 bridgehead atoms. The molecule has 0 spiro atoms. The minimum absolute atomic E-state index is 0.584. The van der Waals surface area contributed by atoms with Crippen LogP contribution < -0.4 is 5.32 Å². The number of hydrogen-bond acceptors (Lipinski definition) is 2. The molecule has 0 saturated carbocycles. The van der Waals surface area contributed by atoms with Crippen molar-refractivity contribution in [3.63, 3.8) is 0 Å². The minimum atomic E-state index is 0.584. The lowest BCUT2D eigenvalue weighted by atomic mass is 9.95. The molecule has 0 aliphatic carbocycles. The molecule has 2 fully saturated rings. The van der Waals surface area contributed by atoms with Crippen LogP contribution in [0.15, 0.2) is 0 Å². The Bertz CT molecular complexity index is 138. The smallest absolute Gasteiger partial charge is 0.0620 e. The van der Waals surface area contributed by atoms with E-state index in [0.717, 1.165) is 12.5 Å². The van der Waals surface area contributed by atoms with Crippen LogP contribution in [0.5, 0.6) is 0 Å². The van der Waals surface area contributed by atoms with E-state index in [1.165, 1.54) is 25.7 Å². The lowest BCUT2D eigenvalue weighted by molar-refractivity contribution is -0.0308. The summed E-state index contributed by atoms with van der Waals surface area (Å²) >= 11 is 0. The Balaban J connectivity index is 1.91. The Morgan fingerprint density at radius 1 is 1.27 bits per heavy atom. The molecule has 1 N–H and O–H groups in total. The third-order valence-electron chi connectivity index (χ3n) is 2.99. The van der Waals surface area contributed by atoms with Gasteiger partial charge in [0.2, 0.25) is 0 Å². The molecule has 2 saturated heterocycles. The molecule has 2 rings (SSSR count). The lowest BCUT2D eigenvalue weighted by Crippen LogP contribution is -2.33. The van der Waals surface area contributed by atoms with Gasteiger partial charge in [0, 0.05) is 6.54 Å². The van der Waals surface area contributed by atoms with E-state index >= 15 is 0 Å². The maximum atomic E-state index is 5.82. The molecule has 11 heavy (non-hydrogen) atoms. The Morgan fingerprint density at radius 3 is 2.91 bits per heavy atom. The minimum Gasteiger partial charge on any atom is -0.375 e. The molecular formula is C9H17NO. The van der Waals surface area contributed by atoms with E-state index in [0.29, 0.717) is 12.2 Å². The van der Waals surface area contributed by atoms with E-state index in [1.807, 2.05) is 7.05 Å². The summed E-state index contributed by atoms with van der Waals surface area (Å²) in [5.74, 6) is 0.791. The Hall–Kier alpha value is -0.0800. The quantitative estimate of drug-likeness (QED) is 0.646. The van der Waals surface area contributed by atoms with Gasteiger partial charge in [-0.2, -0.15) is 0 Å². The van der Waals surface area contributed by atoms with Crippen molar-refractivity contribution in [1.29, 1.82) is 0 Å². The summed E-state index contributed by atoms with van der Waals surface area (Å²) in [4.78, 5) is 0. The van der Waals surface area contributed by atoms with Crippen molar-refractivity contribution in [3.05, 3.63) is 0 Å². The average Bonchev–Trinajstić information content (AvgIpc) is 2.40. The van der Waals surface area contributed by atoms with Gasteiger partial charge in [0.05, 0.1) is 12.2 Å². The molecule has 0 radical (unpaired) electrons. The molecule has 0 aromatic rings. The van der Waals surface area contributed by atoms with E-state index < -0.39 is 0 Å². The zero-order chi connectivity index (χ0) is 7.68. The summed E-state index contributed by atoms with van der Waals surface area (Å²) in [6.45, 7) is 1.14. The first kappa shape index (κ1) is 7.56. The van der Waals surface area contributed by atoms with Crippen LogP contribution in [-0.2, 0) is 4.74 Å². The van der Waals surface area contributed by atoms with Crippen LogP contribution in [0.4, 0.5) is 0 Å². The van der Waals surface area contributed by atoms with E-state index in [2.05, 4.69) is 5.32 Å². The Kier molecular flexibility index (Phi) is 2.14. The van der Waals surface area contributed by atoms with Gasteiger partial charge >= 0.3 is 0 Å². The third-order valence-corrected chi connectivity index (χ3v) is 2.99. The highest BCUT2D eigenvalue weighted by Gasteiger charge is 2.35. The lowest BCUT2D eigenvalue weighted by Gasteiger charge is -2.28. The number of hydrogen-bond donors (Lipinski definition) is 1. The fourth-order valence-electron chi connectivity index (χ4n) is 2.37. The Morgan fingerprint density at radius 2 is 2.09 bits per heavy atom. The zero-order valence-corrected chi connectivity index (χ0v) is 7.18. The molecule has 2 nitrogen and oxygen atoms in total. The van der Waals surface area contributed by atoms with Crippen LogP contribution in [0.3, 0.4) is 0 Å². The summed E-state index contributed by atoms with van der Waals surface area (Å²) in [6, 6.07) is 0. The number of rotatable bonds is 2. The second kappa shape index (κ2) is 3.11. The Labute approximate surface area is 68.3 Å². The second-order valence-electron chi connectivity index (χ2n) is 3.77. The van der Waals surface area contributed by atoms with Gasteiger partial charge in [-0.05, 0) is 38.6 Å². The molecule has 0 aromatic heterocycles. The van der Waals surface area contributed by atoms with Crippen molar-refractivity contribution in [3.8, 4) is 0 Å². The molecule has 2 aliphatic rings. The van der Waals surface area contributed by atoms with Crippen LogP contribution in [0.25, 0.3) is 0 Å². The van der Waals surface area contributed by atoms with E-state index in [1.54, 1.807) is 0 Å². The highest BCUT2D eigenvalue weighted by atomic mass is 16.5. The van der Waals surface area contributed by atoms with Crippen molar-refractivity contribution >= 4 is 0 Å². The normalized spacial score (nSPS) is 42.8. The largest absolute Gasteiger partial charge is 0.375 e. The number of nitrogens with one attached hydrogen (secondary N) is 1.